The van der Waals surface area contributed by atoms with Gasteiger partial charge in [0.1, 0.15) is 17.3 Å². The van der Waals surface area contributed by atoms with E-state index in [2.05, 4.69) is 15.6 Å². The molecule has 0 radical (unpaired) electrons. The Hall–Kier alpha value is -2.81. The Morgan fingerprint density at radius 1 is 1.19 bits per heavy atom. The average Bonchev–Trinajstić information content (AvgIpc) is 3.00. The van der Waals surface area contributed by atoms with Crippen LogP contribution in [0, 0.1) is 0 Å². The number of nitrogens with zero attached hydrogens (tertiary/aromatic N) is 1. The number of carbonyl (C=O) groups excluding carboxylic acids is 1. The molecular weight excluding hydrogens is 370 g/mol. The number of amides is 1. The molecule has 2 N–H and O–H groups in total. The van der Waals surface area contributed by atoms with Crippen molar-refractivity contribution in [2.45, 2.75) is 12.5 Å². The highest BCUT2D eigenvalue weighted by Gasteiger charge is 2.28. The van der Waals surface area contributed by atoms with E-state index in [-0.39, 0.29) is 23.5 Å². The van der Waals surface area contributed by atoms with E-state index in [9.17, 15) is 13.2 Å². The van der Waals surface area contributed by atoms with Crippen LogP contribution in [-0.4, -0.2) is 51.1 Å². The monoisotopic (exact) mass is 391 g/mol. The molecule has 2 heterocycles. The number of methoxy groups -OCH3 is 2. The van der Waals surface area contributed by atoms with Crippen LogP contribution in [0.15, 0.2) is 36.5 Å². The third kappa shape index (κ3) is 4.68. The zero-order chi connectivity index (χ0) is 19.4. The van der Waals surface area contributed by atoms with E-state index in [1.54, 1.807) is 37.4 Å². The van der Waals surface area contributed by atoms with Gasteiger partial charge in [-0.15, -0.1) is 0 Å². The van der Waals surface area contributed by atoms with E-state index < -0.39 is 9.84 Å². The molecule has 1 atom stereocenters. The summed E-state index contributed by atoms with van der Waals surface area (Å²) in [6, 6.07) is 8.08. The first-order chi connectivity index (χ1) is 12.9. The first-order valence-electron chi connectivity index (χ1n) is 8.36. The molecule has 144 valence electrons. The lowest BCUT2D eigenvalue weighted by molar-refractivity contribution is 0.102. The van der Waals surface area contributed by atoms with Gasteiger partial charge in [0.25, 0.3) is 5.91 Å². The zero-order valence-electron chi connectivity index (χ0n) is 15.1. The lowest BCUT2D eigenvalue weighted by atomic mass is 10.2. The number of hydrogen-bond acceptors (Lipinski definition) is 7. The highest BCUT2D eigenvalue weighted by atomic mass is 32.2. The summed E-state index contributed by atoms with van der Waals surface area (Å²) in [6.45, 7) is 0. The van der Waals surface area contributed by atoms with Crippen LogP contribution in [0.25, 0.3) is 0 Å². The lowest BCUT2D eigenvalue weighted by Gasteiger charge is -2.13. The van der Waals surface area contributed by atoms with Gasteiger partial charge in [0, 0.05) is 23.9 Å². The van der Waals surface area contributed by atoms with Crippen LogP contribution in [0.4, 0.5) is 11.5 Å². The number of benzene rings is 1. The molecule has 0 saturated carbocycles. The molecule has 1 aliphatic heterocycles. The van der Waals surface area contributed by atoms with E-state index >= 15 is 0 Å². The third-order valence-electron chi connectivity index (χ3n) is 4.26. The summed E-state index contributed by atoms with van der Waals surface area (Å²) in [5, 5.41) is 5.87. The molecule has 1 saturated heterocycles. The van der Waals surface area contributed by atoms with E-state index in [0.29, 0.717) is 35.0 Å². The van der Waals surface area contributed by atoms with Crippen molar-refractivity contribution >= 4 is 27.2 Å². The third-order valence-corrected chi connectivity index (χ3v) is 6.03. The molecule has 1 fully saturated rings. The van der Waals surface area contributed by atoms with Crippen molar-refractivity contribution in [1.29, 1.82) is 0 Å². The van der Waals surface area contributed by atoms with Crippen molar-refractivity contribution < 1.29 is 22.7 Å². The molecule has 1 amide bonds. The van der Waals surface area contributed by atoms with Crippen LogP contribution in [0.3, 0.4) is 0 Å². The van der Waals surface area contributed by atoms with Crippen LogP contribution in [-0.2, 0) is 9.84 Å². The van der Waals surface area contributed by atoms with Crippen molar-refractivity contribution in [2.75, 3.05) is 36.4 Å². The molecule has 0 bridgehead atoms. The predicted molar refractivity (Wildman–Crippen MR) is 102 cm³/mol. The summed E-state index contributed by atoms with van der Waals surface area (Å²) in [5.41, 5.74) is 0.905. The Labute approximate surface area is 157 Å². The number of ether oxygens (including phenoxy) is 2. The highest BCUT2D eigenvalue weighted by molar-refractivity contribution is 7.91. The van der Waals surface area contributed by atoms with E-state index in [4.69, 9.17) is 9.47 Å². The second-order valence-corrected chi connectivity index (χ2v) is 8.42. The maximum Gasteiger partial charge on any atom is 0.255 e. The minimum absolute atomic E-state index is 0.0775. The van der Waals surface area contributed by atoms with Crippen LogP contribution in [0.2, 0.25) is 0 Å². The minimum Gasteiger partial charge on any atom is -0.497 e. The van der Waals surface area contributed by atoms with Gasteiger partial charge in [-0.3, -0.25) is 4.79 Å². The Morgan fingerprint density at radius 2 is 2.00 bits per heavy atom. The summed E-state index contributed by atoms with van der Waals surface area (Å²) >= 11 is 0. The molecule has 2 aromatic rings. The van der Waals surface area contributed by atoms with Crippen molar-refractivity contribution in [3.05, 3.63) is 42.1 Å². The van der Waals surface area contributed by atoms with E-state index in [1.165, 1.54) is 13.3 Å². The summed E-state index contributed by atoms with van der Waals surface area (Å²) in [7, 11) is 0.0683. The number of sulfone groups is 1. The van der Waals surface area contributed by atoms with Crippen LogP contribution >= 0.6 is 0 Å². The molecule has 0 aliphatic carbocycles. The number of carbonyl (C=O) groups is 1. The number of pyridine rings is 1. The van der Waals surface area contributed by atoms with Gasteiger partial charge in [0.15, 0.2) is 9.84 Å². The normalized spacial score (nSPS) is 17.9. The van der Waals surface area contributed by atoms with E-state index in [0.717, 1.165) is 0 Å². The topological polar surface area (TPSA) is 107 Å². The number of hydrogen-bond donors (Lipinski definition) is 2. The molecular formula is C18H21N3O5S. The summed E-state index contributed by atoms with van der Waals surface area (Å²) < 4.78 is 33.6. The molecule has 1 aliphatic rings. The van der Waals surface area contributed by atoms with Crippen molar-refractivity contribution in [3.8, 4) is 11.5 Å². The second kappa shape index (κ2) is 7.83. The molecule has 1 aromatic carbocycles. The SMILES string of the molecule is COc1ccc(NC(=O)c2ccnc(NC3CCS(=O)(=O)C3)c2)c(OC)c1. The Morgan fingerprint density at radius 3 is 2.67 bits per heavy atom. The fourth-order valence-electron chi connectivity index (χ4n) is 2.86. The minimum atomic E-state index is -2.99. The predicted octanol–water partition coefficient (Wildman–Crippen LogP) is 1.95. The van der Waals surface area contributed by atoms with Gasteiger partial charge < -0.3 is 20.1 Å². The first-order valence-corrected chi connectivity index (χ1v) is 10.2. The van der Waals surface area contributed by atoms with Gasteiger partial charge in [-0.05, 0) is 30.7 Å². The standard InChI is InChI=1S/C18H21N3O5S/c1-25-14-3-4-15(16(10-14)26-2)21-18(22)12-5-7-19-17(9-12)20-13-6-8-27(23,24)11-13/h3-5,7,9-10,13H,6,8,11H2,1-2H3,(H,19,20)(H,21,22). The van der Waals surface area contributed by atoms with Crippen molar-refractivity contribution in [3.63, 3.8) is 0 Å². The van der Waals surface area contributed by atoms with E-state index in [1.807, 2.05) is 0 Å². The molecule has 8 nitrogen and oxygen atoms in total. The lowest BCUT2D eigenvalue weighted by Crippen LogP contribution is -2.21. The number of nitrogens with one attached hydrogen (secondary N) is 2. The van der Waals surface area contributed by atoms with Gasteiger partial charge in [-0.25, -0.2) is 13.4 Å². The molecule has 1 unspecified atom stereocenters. The fourth-order valence-corrected chi connectivity index (χ4v) is 4.54. The molecule has 3 rings (SSSR count). The summed E-state index contributed by atoms with van der Waals surface area (Å²) in [6.07, 6.45) is 2.04. The van der Waals surface area contributed by atoms with Gasteiger partial charge in [0.05, 0.1) is 31.4 Å². The molecule has 0 spiro atoms. The van der Waals surface area contributed by atoms with Crippen molar-refractivity contribution in [1.82, 2.24) is 4.98 Å². The van der Waals surface area contributed by atoms with Gasteiger partial charge in [0.2, 0.25) is 0 Å². The number of rotatable bonds is 6. The maximum atomic E-state index is 12.6. The van der Waals surface area contributed by atoms with Crippen LogP contribution < -0.4 is 20.1 Å². The van der Waals surface area contributed by atoms with Crippen LogP contribution in [0.1, 0.15) is 16.8 Å². The quantitative estimate of drug-likeness (QED) is 0.775. The van der Waals surface area contributed by atoms with Crippen LogP contribution in [0.5, 0.6) is 11.5 Å². The second-order valence-electron chi connectivity index (χ2n) is 6.19. The number of anilines is 2. The van der Waals surface area contributed by atoms with Crippen molar-refractivity contribution in [2.24, 2.45) is 0 Å². The molecule has 1 aromatic heterocycles. The largest absolute Gasteiger partial charge is 0.497 e. The van der Waals surface area contributed by atoms with Gasteiger partial charge in [-0.2, -0.15) is 0 Å². The van der Waals surface area contributed by atoms with Gasteiger partial charge in [-0.1, -0.05) is 0 Å². The zero-order valence-corrected chi connectivity index (χ0v) is 15.9. The Balaban J connectivity index is 1.72. The van der Waals surface area contributed by atoms with Gasteiger partial charge >= 0.3 is 0 Å². The fraction of sp³-hybridized carbons (Fsp3) is 0.333. The maximum absolute atomic E-state index is 12.6. The molecule has 27 heavy (non-hydrogen) atoms. The number of aromatic nitrogens is 1. The highest BCUT2D eigenvalue weighted by Crippen LogP contribution is 2.29. The Bertz CT molecular complexity index is 946. The summed E-state index contributed by atoms with van der Waals surface area (Å²) in [4.78, 5) is 16.7. The smallest absolute Gasteiger partial charge is 0.255 e. The summed E-state index contributed by atoms with van der Waals surface area (Å²) in [5.74, 6) is 1.48. The first kappa shape index (κ1) is 19.0. The average molecular weight is 391 g/mol. The Kier molecular flexibility index (Phi) is 5.50. The molecule has 9 heteroatoms.